The second-order valence-corrected chi connectivity index (χ2v) is 2.32. The van der Waals surface area contributed by atoms with Crippen LogP contribution < -0.4 is 5.69 Å². The molecule has 62 valence electrons. The molecule has 0 unspecified atom stereocenters. The minimum atomic E-state index is -0.303. The van der Waals surface area contributed by atoms with Crippen molar-refractivity contribution in [2.45, 2.75) is 0 Å². The topological polar surface area (TPSA) is 71.5 Å². The van der Waals surface area contributed by atoms with Crippen LogP contribution >= 0.6 is 11.5 Å². The maximum atomic E-state index is 10.1. The van der Waals surface area contributed by atoms with Crippen molar-refractivity contribution in [3.8, 4) is 0 Å². The molecule has 0 bridgehead atoms. The number of H-pyrrole nitrogens is 1. The lowest BCUT2D eigenvalue weighted by atomic mass is 10.7. The molecule has 2 aromatic heterocycles. The molecule has 2 heterocycles. The van der Waals surface area contributed by atoms with Gasteiger partial charge in [0.25, 0.3) is 0 Å². The van der Waals surface area contributed by atoms with Crippen LogP contribution in [-0.4, -0.2) is 19.6 Å². The van der Waals surface area contributed by atoms with Gasteiger partial charge in [-0.25, -0.2) is 9.78 Å². The molecule has 0 saturated carbocycles. The Kier molecular flexibility index (Phi) is 3.65. The van der Waals surface area contributed by atoms with Crippen LogP contribution in [0.3, 0.4) is 0 Å². The molecule has 0 spiro atoms. The highest BCUT2D eigenvalue weighted by Crippen LogP contribution is 1.78. The van der Waals surface area contributed by atoms with E-state index in [0.29, 0.717) is 0 Å². The van der Waals surface area contributed by atoms with Crippen LogP contribution in [0.1, 0.15) is 0 Å². The predicted octanol–water partition coefficient (Wildman–Crippen LogP) is 0.308. The van der Waals surface area contributed by atoms with Gasteiger partial charge in [-0.05, 0) is 17.6 Å². The number of aromatic nitrogens is 4. The lowest BCUT2D eigenvalue weighted by molar-refractivity contribution is 1.08. The number of rotatable bonds is 0. The van der Waals surface area contributed by atoms with E-state index in [2.05, 4.69) is 19.6 Å². The summed E-state index contributed by atoms with van der Waals surface area (Å²) in [5, 5.41) is 5.31. The third-order valence-electron chi connectivity index (χ3n) is 0.864. The predicted molar refractivity (Wildman–Crippen MR) is 44.8 cm³/mol. The second-order valence-electron chi connectivity index (χ2n) is 1.67. The summed E-state index contributed by atoms with van der Waals surface area (Å²) in [6, 6.07) is 1.65. The van der Waals surface area contributed by atoms with Crippen LogP contribution in [0, 0.1) is 0 Å². The first kappa shape index (κ1) is 8.54. The summed E-state index contributed by atoms with van der Waals surface area (Å²) in [5.74, 6) is 0. The Labute approximate surface area is 72.3 Å². The Morgan fingerprint density at radius 2 is 2.33 bits per heavy atom. The molecule has 2 aromatic rings. The van der Waals surface area contributed by atoms with E-state index in [-0.39, 0.29) is 5.69 Å². The molecule has 1 N–H and O–H groups in total. The molecule has 0 saturated heterocycles. The molecule has 12 heavy (non-hydrogen) atoms. The molecular weight excluding hydrogens is 176 g/mol. The monoisotopic (exact) mass is 182 g/mol. The number of hydrogen-bond donors (Lipinski definition) is 1. The summed E-state index contributed by atoms with van der Waals surface area (Å²) in [6.07, 6.45) is 4.64. The van der Waals surface area contributed by atoms with Gasteiger partial charge in [-0.1, -0.05) is 4.49 Å². The van der Waals surface area contributed by atoms with Crippen LogP contribution in [0.2, 0.25) is 0 Å². The van der Waals surface area contributed by atoms with Crippen molar-refractivity contribution in [2.75, 3.05) is 0 Å². The fourth-order valence-corrected chi connectivity index (χ4v) is 0.719. The Balaban J connectivity index is 0.000000127. The van der Waals surface area contributed by atoms with Crippen molar-refractivity contribution in [3.05, 3.63) is 40.5 Å². The first-order valence-corrected chi connectivity index (χ1v) is 3.94. The quantitative estimate of drug-likeness (QED) is 0.636. The normalized spacial score (nSPS) is 8.33. The molecule has 0 radical (unpaired) electrons. The summed E-state index contributed by atoms with van der Waals surface area (Å²) in [6.45, 7) is 0. The molecule has 6 heteroatoms. The molecule has 2 rings (SSSR count). The number of hydrogen-bond acceptors (Lipinski definition) is 5. The first-order chi connectivity index (χ1) is 5.89. The van der Waals surface area contributed by atoms with E-state index in [1.807, 2.05) is 5.38 Å². The van der Waals surface area contributed by atoms with Gasteiger partial charge in [0, 0.05) is 17.8 Å². The van der Waals surface area contributed by atoms with Crippen LogP contribution in [0.15, 0.2) is 34.8 Å². The maximum Gasteiger partial charge on any atom is 0.344 e. The van der Waals surface area contributed by atoms with Gasteiger partial charge < -0.3 is 4.98 Å². The Bertz CT molecular complexity index is 310. The minimum absolute atomic E-state index is 0.303. The zero-order valence-electron chi connectivity index (χ0n) is 6.04. The Morgan fingerprint density at radius 1 is 1.42 bits per heavy atom. The molecule has 0 aliphatic carbocycles. The molecule has 0 amide bonds. The van der Waals surface area contributed by atoms with Crippen molar-refractivity contribution in [3.63, 3.8) is 0 Å². The maximum absolute atomic E-state index is 10.1. The summed E-state index contributed by atoms with van der Waals surface area (Å²) in [5.41, 5.74) is -0.303. The fraction of sp³-hybridized carbons (Fsp3) is 0. The number of nitrogens with zero attached hydrogens (tertiary/aromatic N) is 3. The average Bonchev–Trinajstić information content (AvgIpc) is 2.62. The highest BCUT2D eigenvalue weighted by atomic mass is 32.1. The molecule has 0 aliphatic rings. The van der Waals surface area contributed by atoms with Gasteiger partial charge in [0.1, 0.15) is 0 Å². The van der Waals surface area contributed by atoms with Crippen molar-refractivity contribution < 1.29 is 0 Å². The summed E-state index contributed by atoms with van der Waals surface area (Å²) in [4.78, 5) is 15.8. The summed E-state index contributed by atoms with van der Waals surface area (Å²) >= 11 is 1.35. The molecule has 0 fully saturated rings. The van der Waals surface area contributed by atoms with Crippen molar-refractivity contribution in [1.29, 1.82) is 0 Å². The van der Waals surface area contributed by atoms with E-state index in [1.54, 1.807) is 12.3 Å². The van der Waals surface area contributed by atoms with Gasteiger partial charge in [0.15, 0.2) is 0 Å². The van der Waals surface area contributed by atoms with Crippen molar-refractivity contribution in [1.82, 2.24) is 19.6 Å². The van der Waals surface area contributed by atoms with E-state index < -0.39 is 0 Å². The second kappa shape index (κ2) is 5.14. The van der Waals surface area contributed by atoms with Crippen LogP contribution in [0.4, 0.5) is 0 Å². The minimum Gasteiger partial charge on any atom is -0.313 e. The summed E-state index contributed by atoms with van der Waals surface area (Å²) in [7, 11) is 0. The number of nitrogens with one attached hydrogen (secondary N) is 1. The zero-order chi connectivity index (χ0) is 8.65. The highest BCUT2D eigenvalue weighted by molar-refractivity contribution is 7.03. The molecule has 0 aromatic carbocycles. The Morgan fingerprint density at radius 3 is 2.58 bits per heavy atom. The smallest absolute Gasteiger partial charge is 0.313 e. The van der Waals surface area contributed by atoms with Gasteiger partial charge in [0.2, 0.25) is 0 Å². The highest BCUT2D eigenvalue weighted by Gasteiger charge is 1.70. The first-order valence-electron chi connectivity index (χ1n) is 3.10. The van der Waals surface area contributed by atoms with E-state index in [4.69, 9.17) is 0 Å². The van der Waals surface area contributed by atoms with Crippen molar-refractivity contribution in [2.24, 2.45) is 0 Å². The van der Waals surface area contributed by atoms with Crippen LogP contribution in [0.25, 0.3) is 0 Å². The van der Waals surface area contributed by atoms with Gasteiger partial charge in [0.05, 0.1) is 6.20 Å². The largest absolute Gasteiger partial charge is 0.344 e. The lowest BCUT2D eigenvalue weighted by Gasteiger charge is -1.72. The lowest BCUT2D eigenvalue weighted by Crippen LogP contribution is -2.05. The van der Waals surface area contributed by atoms with E-state index in [9.17, 15) is 4.79 Å². The van der Waals surface area contributed by atoms with E-state index >= 15 is 0 Å². The molecule has 0 atom stereocenters. The van der Waals surface area contributed by atoms with E-state index in [1.165, 1.54) is 23.9 Å². The van der Waals surface area contributed by atoms with Crippen LogP contribution in [0.5, 0.6) is 0 Å². The zero-order valence-corrected chi connectivity index (χ0v) is 6.86. The molecule has 0 aliphatic heterocycles. The fourth-order valence-electron chi connectivity index (χ4n) is 0.447. The average molecular weight is 182 g/mol. The Hall–Kier alpha value is -1.56. The molecule has 5 nitrogen and oxygen atoms in total. The standard InChI is InChI=1S/C4H4N2O.C2H2N2S/c7-4-5-2-1-3-6-4;1-2-5-4-3-1/h1-3H,(H,5,6,7);1-2H. The summed E-state index contributed by atoms with van der Waals surface area (Å²) < 4.78 is 3.51. The van der Waals surface area contributed by atoms with Crippen LogP contribution in [-0.2, 0) is 0 Å². The van der Waals surface area contributed by atoms with E-state index in [0.717, 1.165) is 0 Å². The number of aromatic amines is 1. The third kappa shape index (κ3) is 3.57. The van der Waals surface area contributed by atoms with Gasteiger partial charge in [-0.2, -0.15) is 0 Å². The van der Waals surface area contributed by atoms with Gasteiger partial charge in [-0.3, -0.25) is 0 Å². The SMILES string of the molecule is O=c1nccc[nH]1.c1csnn1. The van der Waals surface area contributed by atoms with Crippen molar-refractivity contribution >= 4 is 11.5 Å². The van der Waals surface area contributed by atoms with Gasteiger partial charge in [-0.15, -0.1) is 5.10 Å². The van der Waals surface area contributed by atoms with Gasteiger partial charge >= 0.3 is 5.69 Å². The molecular formula is C6H6N4OS. The third-order valence-corrected chi connectivity index (χ3v) is 1.30.